The Kier molecular flexibility index (Phi) is 5.42. The normalized spacial score (nSPS) is 10.7. The van der Waals surface area contributed by atoms with Gasteiger partial charge in [0.2, 0.25) is 5.88 Å². The van der Waals surface area contributed by atoms with Crippen molar-refractivity contribution in [1.29, 1.82) is 0 Å². The maximum atomic E-state index is 12.4. The molecule has 0 radical (unpaired) electrons. The van der Waals surface area contributed by atoms with E-state index < -0.39 is 0 Å². The van der Waals surface area contributed by atoms with Crippen LogP contribution in [0, 0.1) is 0 Å². The van der Waals surface area contributed by atoms with E-state index in [9.17, 15) is 4.79 Å². The highest BCUT2D eigenvalue weighted by Gasteiger charge is 2.09. The van der Waals surface area contributed by atoms with Crippen LogP contribution in [0.5, 0.6) is 17.4 Å². The third-order valence-corrected chi connectivity index (χ3v) is 4.38. The first-order valence-corrected chi connectivity index (χ1v) is 9.43. The van der Waals surface area contributed by atoms with Crippen molar-refractivity contribution in [2.24, 2.45) is 0 Å². The predicted molar refractivity (Wildman–Crippen MR) is 111 cm³/mol. The van der Waals surface area contributed by atoms with Crippen molar-refractivity contribution in [2.75, 3.05) is 6.61 Å². The van der Waals surface area contributed by atoms with Gasteiger partial charge in [-0.15, -0.1) is 0 Å². The molecule has 0 aliphatic rings. The maximum absolute atomic E-state index is 12.4. The van der Waals surface area contributed by atoms with Gasteiger partial charge < -0.3 is 19.8 Å². The van der Waals surface area contributed by atoms with E-state index in [-0.39, 0.29) is 5.91 Å². The lowest BCUT2D eigenvalue weighted by Crippen LogP contribution is -2.23. The highest BCUT2D eigenvalue weighted by Crippen LogP contribution is 2.23. The lowest BCUT2D eigenvalue weighted by Gasteiger charge is -2.08. The third kappa shape index (κ3) is 4.55. The number of carbonyl (C=O) groups is 1. The second-order valence-electron chi connectivity index (χ2n) is 6.46. The minimum atomic E-state index is -0.160. The Morgan fingerprint density at radius 2 is 1.83 bits per heavy atom. The number of nitrogens with one attached hydrogen (secondary N) is 2. The van der Waals surface area contributed by atoms with Gasteiger partial charge in [-0.25, -0.2) is 4.98 Å². The molecule has 2 heterocycles. The van der Waals surface area contributed by atoms with E-state index >= 15 is 0 Å². The molecule has 4 rings (SSSR count). The van der Waals surface area contributed by atoms with E-state index in [1.54, 1.807) is 6.20 Å². The average molecular weight is 387 g/mol. The number of benzene rings is 2. The fourth-order valence-corrected chi connectivity index (χ4v) is 2.98. The van der Waals surface area contributed by atoms with Crippen LogP contribution in [0.4, 0.5) is 0 Å². The molecule has 6 heteroatoms. The molecule has 29 heavy (non-hydrogen) atoms. The van der Waals surface area contributed by atoms with Gasteiger partial charge >= 0.3 is 0 Å². The van der Waals surface area contributed by atoms with Crippen LogP contribution >= 0.6 is 0 Å². The Morgan fingerprint density at radius 1 is 1.03 bits per heavy atom. The van der Waals surface area contributed by atoms with Crippen molar-refractivity contribution in [1.82, 2.24) is 15.3 Å². The first-order valence-electron chi connectivity index (χ1n) is 9.43. The highest BCUT2D eigenvalue weighted by molar-refractivity contribution is 5.97. The fraction of sp³-hybridized carbons (Fsp3) is 0.130. The number of nitrogens with zero attached hydrogens (tertiary/aromatic N) is 1. The summed E-state index contributed by atoms with van der Waals surface area (Å²) in [4.78, 5) is 19.8. The lowest BCUT2D eigenvalue weighted by atomic mass is 10.2. The molecular weight excluding hydrogens is 366 g/mol. The monoisotopic (exact) mass is 387 g/mol. The zero-order chi connectivity index (χ0) is 20.1. The van der Waals surface area contributed by atoms with E-state index in [0.29, 0.717) is 30.5 Å². The molecular formula is C23H21N3O3. The molecule has 0 saturated heterocycles. The third-order valence-electron chi connectivity index (χ3n) is 4.38. The van der Waals surface area contributed by atoms with Crippen LogP contribution in [-0.4, -0.2) is 22.5 Å². The molecule has 0 atom stereocenters. The van der Waals surface area contributed by atoms with Gasteiger partial charge in [-0.3, -0.25) is 4.79 Å². The van der Waals surface area contributed by atoms with Gasteiger partial charge in [0.1, 0.15) is 17.2 Å². The number of ether oxygens (including phenoxy) is 2. The van der Waals surface area contributed by atoms with Crippen LogP contribution in [0.1, 0.15) is 23.0 Å². The van der Waals surface area contributed by atoms with Gasteiger partial charge in [0.25, 0.3) is 5.91 Å². The predicted octanol–water partition coefficient (Wildman–Crippen LogP) is 4.68. The number of carbonyl (C=O) groups excluding carboxylic acids is 1. The largest absolute Gasteiger partial charge is 0.494 e. The molecule has 0 unspecified atom stereocenters. The molecule has 0 fully saturated rings. The minimum Gasteiger partial charge on any atom is -0.494 e. The summed E-state index contributed by atoms with van der Waals surface area (Å²) in [6.07, 6.45) is 1.66. The number of rotatable bonds is 7. The standard InChI is InChI=1S/C23H21N3O3/c1-2-28-18-7-9-19(10-8-18)29-22-13-16(11-12-24-22)15-25-23(27)21-14-17-5-3-4-6-20(17)26-21/h3-14,26H,2,15H2,1H3,(H,25,27). The van der Waals surface area contributed by atoms with E-state index in [1.807, 2.05) is 73.7 Å². The molecule has 0 spiro atoms. The summed E-state index contributed by atoms with van der Waals surface area (Å²) in [5, 5.41) is 3.93. The van der Waals surface area contributed by atoms with Crippen molar-refractivity contribution in [3.8, 4) is 17.4 Å². The second-order valence-corrected chi connectivity index (χ2v) is 6.46. The Hall–Kier alpha value is -3.80. The molecule has 0 aliphatic carbocycles. The van der Waals surface area contributed by atoms with Crippen molar-refractivity contribution < 1.29 is 14.3 Å². The molecule has 1 amide bonds. The summed E-state index contributed by atoms with van der Waals surface area (Å²) in [5.74, 6) is 1.76. The summed E-state index contributed by atoms with van der Waals surface area (Å²) in [6, 6.07) is 20.6. The smallest absolute Gasteiger partial charge is 0.267 e. The van der Waals surface area contributed by atoms with Gasteiger partial charge in [-0.1, -0.05) is 18.2 Å². The van der Waals surface area contributed by atoms with Crippen molar-refractivity contribution in [3.05, 3.63) is 84.2 Å². The zero-order valence-corrected chi connectivity index (χ0v) is 16.0. The SMILES string of the molecule is CCOc1ccc(Oc2cc(CNC(=O)c3cc4ccccc4[nH]3)ccn2)cc1. The first-order chi connectivity index (χ1) is 14.2. The topological polar surface area (TPSA) is 76.2 Å². The van der Waals surface area contributed by atoms with E-state index in [0.717, 1.165) is 22.2 Å². The quantitative estimate of drug-likeness (QED) is 0.483. The molecule has 2 aromatic heterocycles. The Labute approximate surface area is 168 Å². The van der Waals surface area contributed by atoms with Gasteiger partial charge in [-0.05, 0) is 55.0 Å². The second kappa shape index (κ2) is 8.48. The van der Waals surface area contributed by atoms with Crippen LogP contribution in [0.3, 0.4) is 0 Å². The molecule has 4 aromatic rings. The molecule has 0 bridgehead atoms. The fourth-order valence-electron chi connectivity index (χ4n) is 2.98. The molecule has 6 nitrogen and oxygen atoms in total. The number of fused-ring (bicyclic) bond motifs is 1. The van der Waals surface area contributed by atoms with Crippen LogP contribution in [-0.2, 0) is 6.54 Å². The molecule has 2 aromatic carbocycles. The number of para-hydroxylation sites is 1. The van der Waals surface area contributed by atoms with Crippen LogP contribution in [0.25, 0.3) is 10.9 Å². The van der Waals surface area contributed by atoms with E-state index in [4.69, 9.17) is 9.47 Å². The average Bonchev–Trinajstić information content (AvgIpc) is 3.18. The summed E-state index contributed by atoms with van der Waals surface area (Å²) < 4.78 is 11.2. The number of amides is 1. The molecule has 0 saturated carbocycles. The molecule has 0 aliphatic heterocycles. The minimum absolute atomic E-state index is 0.160. The highest BCUT2D eigenvalue weighted by atomic mass is 16.5. The van der Waals surface area contributed by atoms with Gasteiger partial charge in [0, 0.05) is 29.7 Å². The number of pyridine rings is 1. The first kappa shape index (κ1) is 18.6. The molecule has 146 valence electrons. The summed E-state index contributed by atoms with van der Waals surface area (Å²) >= 11 is 0. The number of hydrogen-bond acceptors (Lipinski definition) is 4. The van der Waals surface area contributed by atoms with Crippen molar-refractivity contribution >= 4 is 16.8 Å². The zero-order valence-electron chi connectivity index (χ0n) is 16.0. The number of aromatic amines is 1. The lowest BCUT2D eigenvalue weighted by molar-refractivity contribution is 0.0946. The summed E-state index contributed by atoms with van der Waals surface area (Å²) in [5.41, 5.74) is 2.36. The summed E-state index contributed by atoms with van der Waals surface area (Å²) in [7, 11) is 0. The number of hydrogen-bond donors (Lipinski definition) is 2. The number of H-pyrrole nitrogens is 1. The van der Waals surface area contributed by atoms with Crippen LogP contribution in [0.2, 0.25) is 0 Å². The number of aromatic nitrogens is 2. The van der Waals surface area contributed by atoms with Gasteiger partial charge in [0.05, 0.1) is 6.61 Å². The van der Waals surface area contributed by atoms with Crippen LogP contribution < -0.4 is 14.8 Å². The van der Waals surface area contributed by atoms with E-state index in [2.05, 4.69) is 15.3 Å². The molecule has 2 N–H and O–H groups in total. The summed E-state index contributed by atoms with van der Waals surface area (Å²) in [6.45, 7) is 2.93. The van der Waals surface area contributed by atoms with Crippen molar-refractivity contribution in [3.63, 3.8) is 0 Å². The van der Waals surface area contributed by atoms with Crippen molar-refractivity contribution in [2.45, 2.75) is 13.5 Å². The maximum Gasteiger partial charge on any atom is 0.267 e. The van der Waals surface area contributed by atoms with Crippen LogP contribution in [0.15, 0.2) is 72.9 Å². The Morgan fingerprint density at radius 3 is 2.62 bits per heavy atom. The Bertz CT molecular complexity index is 1090. The van der Waals surface area contributed by atoms with Gasteiger partial charge in [0.15, 0.2) is 0 Å². The Balaban J connectivity index is 1.38. The van der Waals surface area contributed by atoms with Gasteiger partial charge in [-0.2, -0.15) is 0 Å². The van der Waals surface area contributed by atoms with E-state index in [1.165, 1.54) is 0 Å².